The third-order valence-corrected chi connectivity index (χ3v) is 3.51. The van der Waals surface area contributed by atoms with Crippen molar-refractivity contribution in [3.63, 3.8) is 0 Å². The van der Waals surface area contributed by atoms with E-state index in [1.807, 2.05) is 52.2 Å². The summed E-state index contributed by atoms with van der Waals surface area (Å²) >= 11 is 0. The molecule has 0 spiro atoms. The molecule has 1 aromatic heterocycles. The topological polar surface area (TPSA) is 51.0 Å². The molecule has 1 aliphatic rings. The largest absolute Gasteiger partial charge is 0.337 e. The molecular formula is C15H16N4O. The molecule has 1 saturated heterocycles. The van der Waals surface area contributed by atoms with Crippen molar-refractivity contribution in [2.24, 2.45) is 0 Å². The summed E-state index contributed by atoms with van der Waals surface area (Å²) < 4.78 is 1.83. The summed E-state index contributed by atoms with van der Waals surface area (Å²) in [6.07, 6.45) is 7.93. The minimum absolute atomic E-state index is 0.0523. The monoisotopic (exact) mass is 268 g/mol. The molecule has 1 amide bonds. The van der Waals surface area contributed by atoms with Gasteiger partial charge in [-0.2, -0.15) is 0 Å². The van der Waals surface area contributed by atoms with Gasteiger partial charge in [-0.1, -0.05) is 35.5 Å². The summed E-state index contributed by atoms with van der Waals surface area (Å²) in [5.74, 6) is 0.0523. The smallest absolute Gasteiger partial charge is 0.246 e. The second-order valence-electron chi connectivity index (χ2n) is 4.85. The lowest BCUT2D eigenvalue weighted by atomic mass is 10.2. The molecule has 0 bridgehead atoms. The van der Waals surface area contributed by atoms with Crippen LogP contribution in [-0.4, -0.2) is 38.9 Å². The van der Waals surface area contributed by atoms with Gasteiger partial charge in [0.1, 0.15) is 0 Å². The van der Waals surface area contributed by atoms with Crippen molar-refractivity contribution in [2.45, 2.75) is 12.5 Å². The molecule has 1 aliphatic heterocycles. The van der Waals surface area contributed by atoms with Crippen LogP contribution in [0.25, 0.3) is 6.08 Å². The fourth-order valence-electron chi connectivity index (χ4n) is 2.41. The van der Waals surface area contributed by atoms with Crippen molar-refractivity contribution in [3.05, 3.63) is 54.4 Å². The van der Waals surface area contributed by atoms with Crippen molar-refractivity contribution in [3.8, 4) is 0 Å². The number of nitrogens with zero attached hydrogens (tertiary/aromatic N) is 4. The summed E-state index contributed by atoms with van der Waals surface area (Å²) in [4.78, 5) is 14.0. The molecule has 5 heteroatoms. The highest BCUT2D eigenvalue weighted by Gasteiger charge is 2.26. The first-order valence-corrected chi connectivity index (χ1v) is 6.71. The maximum absolute atomic E-state index is 12.1. The van der Waals surface area contributed by atoms with E-state index >= 15 is 0 Å². The normalized spacial score (nSPS) is 18.8. The molecule has 1 atom stereocenters. The van der Waals surface area contributed by atoms with Gasteiger partial charge in [0, 0.05) is 25.4 Å². The molecule has 3 rings (SSSR count). The Bertz CT molecular complexity index is 592. The second-order valence-corrected chi connectivity index (χ2v) is 4.85. The quantitative estimate of drug-likeness (QED) is 0.797. The lowest BCUT2D eigenvalue weighted by molar-refractivity contribution is -0.125. The van der Waals surface area contributed by atoms with Gasteiger partial charge in [-0.3, -0.25) is 4.79 Å². The second kappa shape index (κ2) is 5.69. The van der Waals surface area contributed by atoms with Gasteiger partial charge < -0.3 is 4.90 Å². The number of likely N-dealkylation sites (tertiary alicyclic amines) is 1. The molecule has 1 aromatic carbocycles. The van der Waals surface area contributed by atoms with E-state index in [9.17, 15) is 4.79 Å². The van der Waals surface area contributed by atoms with E-state index in [1.54, 1.807) is 12.3 Å². The summed E-state index contributed by atoms with van der Waals surface area (Å²) in [7, 11) is 0. The van der Waals surface area contributed by atoms with Crippen LogP contribution in [0.3, 0.4) is 0 Å². The van der Waals surface area contributed by atoms with Crippen LogP contribution in [0.2, 0.25) is 0 Å². The van der Waals surface area contributed by atoms with Crippen LogP contribution < -0.4 is 0 Å². The number of carbonyl (C=O) groups is 1. The van der Waals surface area contributed by atoms with Crippen molar-refractivity contribution in [1.82, 2.24) is 19.9 Å². The Kier molecular flexibility index (Phi) is 3.58. The van der Waals surface area contributed by atoms with Gasteiger partial charge in [0.2, 0.25) is 5.91 Å². The Morgan fingerprint density at radius 2 is 2.15 bits per heavy atom. The molecule has 2 aromatic rings. The first kappa shape index (κ1) is 12.6. The molecule has 0 saturated carbocycles. The van der Waals surface area contributed by atoms with Crippen LogP contribution in [0, 0.1) is 0 Å². The van der Waals surface area contributed by atoms with Crippen LogP contribution in [0.15, 0.2) is 48.8 Å². The van der Waals surface area contributed by atoms with E-state index < -0.39 is 0 Å². The molecule has 0 N–H and O–H groups in total. The highest BCUT2D eigenvalue weighted by atomic mass is 16.2. The molecule has 0 radical (unpaired) electrons. The van der Waals surface area contributed by atoms with E-state index in [4.69, 9.17) is 0 Å². The molecule has 20 heavy (non-hydrogen) atoms. The van der Waals surface area contributed by atoms with Crippen LogP contribution in [0.1, 0.15) is 18.0 Å². The molecule has 0 aliphatic carbocycles. The Morgan fingerprint density at radius 3 is 2.90 bits per heavy atom. The van der Waals surface area contributed by atoms with Gasteiger partial charge in [-0.05, 0) is 18.1 Å². The lowest BCUT2D eigenvalue weighted by Crippen LogP contribution is -2.27. The molecule has 2 heterocycles. The van der Waals surface area contributed by atoms with E-state index in [0.29, 0.717) is 6.54 Å². The highest BCUT2D eigenvalue weighted by molar-refractivity contribution is 5.91. The Morgan fingerprint density at radius 1 is 1.30 bits per heavy atom. The van der Waals surface area contributed by atoms with Gasteiger partial charge in [0.05, 0.1) is 12.2 Å². The zero-order chi connectivity index (χ0) is 13.8. The molecule has 5 nitrogen and oxygen atoms in total. The fraction of sp³-hybridized carbons (Fsp3) is 0.267. The average molecular weight is 268 g/mol. The van der Waals surface area contributed by atoms with Crippen molar-refractivity contribution in [1.29, 1.82) is 0 Å². The molecular weight excluding hydrogens is 252 g/mol. The number of aromatic nitrogens is 3. The zero-order valence-electron chi connectivity index (χ0n) is 11.1. The number of hydrogen-bond acceptors (Lipinski definition) is 3. The first-order valence-electron chi connectivity index (χ1n) is 6.71. The van der Waals surface area contributed by atoms with Crippen LogP contribution in [0.4, 0.5) is 0 Å². The number of amides is 1. The Labute approximate surface area is 117 Å². The van der Waals surface area contributed by atoms with Gasteiger partial charge in [-0.15, -0.1) is 5.10 Å². The number of carbonyl (C=O) groups excluding carboxylic acids is 1. The van der Waals surface area contributed by atoms with Gasteiger partial charge in [-0.25, -0.2) is 4.68 Å². The van der Waals surface area contributed by atoms with Crippen molar-refractivity contribution < 1.29 is 4.79 Å². The zero-order valence-corrected chi connectivity index (χ0v) is 11.1. The number of benzene rings is 1. The van der Waals surface area contributed by atoms with E-state index in [1.165, 1.54) is 0 Å². The van der Waals surface area contributed by atoms with Gasteiger partial charge >= 0.3 is 0 Å². The van der Waals surface area contributed by atoms with Gasteiger partial charge in [0.15, 0.2) is 0 Å². The molecule has 1 fully saturated rings. The predicted molar refractivity (Wildman–Crippen MR) is 75.7 cm³/mol. The number of hydrogen-bond donors (Lipinski definition) is 0. The fourth-order valence-corrected chi connectivity index (χ4v) is 2.41. The minimum Gasteiger partial charge on any atom is -0.337 e. The van der Waals surface area contributed by atoms with E-state index in [0.717, 1.165) is 18.5 Å². The first-order chi connectivity index (χ1) is 9.83. The van der Waals surface area contributed by atoms with Crippen molar-refractivity contribution in [2.75, 3.05) is 13.1 Å². The lowest BCUT2D eigenvalue weighted by Gasteiger charge is -2.14. The SMILES string of the molecule is O=C(/C=C/c1ccccc1)N1CC[C@H](n2ccnn2)C1. The van der Waals surface area contributed by atoms with E-state index in [-0.39, 0.29) is 11.9 Å². The maximum Gasteiger partial charge on any atom is 0.246 e. The van der Waals surface area contributed by atoms with Crippen LogP contribution in [0.5, 0.6) is 0 Å². The standard InChI is InChI=1S/C15H16N4O/c20-15(7-6-13-4-2-1-3-5-13)18-10-8-14(12-18)19-11-9-16-17-19/h1-7,9,11,14H,8,10,12H2/b7-6+/t14-/m0/s1. The summed E-state index contributed by atoms with van der Waals surface area (Å²) in [6, 6.07) is 10.1. The molecule has 102 valence electrons. The summed E-state index contributed by atoms with van der Waals surface area (Å²) in [5.41, 5.74) is 1.04. The Hall–Kier alpha value is -2.43. The average Bonchev–Trinajstić information content (AvgIpc) is 3.16. The third kappa shape index (κ3) is 2.77. The highest BCUT2D eigenvalue weighted by Crippen LogP contribution is 2.20. The summed E-state index contributed by atoms with van der Waals surface area (Å²) in [5, 5.41) is 7.80. The maximum atomic E-state index is 12.1. The third-order valence-electron chi connectivity index (χ3n) is 3.51. The van der Waals surface area contributed by atoms with E-state index in [2.05, 4.69) is 10.3 Å². The summed E-state index contributed by atoms with van der Waals surface area (Å²) in [6.45, 7) is 1.46. The minimum atomic E-state index is 0.0523. The predicted octanol–water partition coefficient (Wildman–Crippen LogP) is 1.76. The Balaban J connectivity index is 1.60. The van der Waals surface area contributed by atoms with Crippen molar-refractivity contribution >= 4 is 12.0 Å². The molecule has 0 unspecified atom stereocenters. The number of rotatable bonds is 3. The van der Waals surface area contributed by atoms with Crippen LogP contribution in [-0.2, 0) is 4.79 Å². The van der Waals surface area contributed by atoms with Gasteiger partial charge in [0.25, 0.3) is 0 Å². The van der Waals surface area contributed by atoms with Crippen LogP contribution >= 0.6 is 0 Å².